The highest BCUT2D eigenvalue weighted by atomic mass is 32.2. The number of carbonyl (C=O) groups excluding carboxylic acids is 1. The van der Waals surface area contributed by atoms with Crippen LogP contribution in [0.4, 0.5) is 11.4 Å². The normalized spacial score (nSPS) is 13.3. The Morgan fingerprint density at radius 3 is 2.42 bits per heavy atom. The summed E-state index contributed by atoms with van der Waals surface area (Å²) in [5.74, 6) is -0.486. The van der Waals surface area contributed by atoms with Crippen LogP contribution in [0.3, 0.4) is 0 Å². The highest BCUT2D eigenvalue weighted by Gasteiger charge is 2.19. The number of benzene rings is 2. The first-order chi connectivity index (χ1) is 12.3. The maximum absolute atomic E-state index is 12.5. The van der Waals surface area contributed by atoms with Crippen molar-refractivity contribution in [3.8, 4) is 0 Å². The Kier molecular flexibility index (Phi) is 5.32. The van der Waals surface area contributed by atoms with Crippen LogP contribution in [0.5, 0.6) is 0 Å². The SMILES string of the molecule is CN(C)c1ccc(NC(=O)CCS(=O)(=O)c2ccc3c(c2)CCC3)cc1. The molecule has 0 spiro atoms. The van der Waals surface area contributed by atoms with Crippen LogP contribution in [0.15, 0.2) is 47.4 Å². The van der Waals surface area contributed by atoms with Crippen LogP contribution in [0.1, 0.15) is 24.0 Å². The molecular formula is C20H24N2O3S. The number of anilines is 2. The Hall–Kier alpha value is -2.34. The predicted molar refractivity (Wildman–Crippen MR) is 105 cm³/mol. The van der Waals surface area contributed by atoms with E-state index in [2.05, 4.69) is 5.32 Å². The Balaban J connectivity index is 1.59. The molecule has 6 heteroatoms. The molecule has 2 aromatic carbocycles. The van der Waals surface area contributed by atoms with Gasteiger partial charge in [-0.3, -0.25) is 4.79 Å². The van der Waals surface area contributed by atoms with Gasteiger partial charge in [0.2, 0.25) is 5.91 Å². The van der Waals surface area contributed by atoms with E-state index in [0.29, 0.717) is 10.6 Å². The number of nitrogens with one attached hydrogen (secondary N) is 1. The predicted octanol–water partition coefficient (Wildman–Crippen LogP) is 3.04. The van der Waals surface area contributed by atoms with Crippen LogP contribution in [0.2, 0.25) is 0 Å². The van der Waals surface area contributed by atoms with Gasteiger partial charge in [0.15, 0.2) is 9.84 Å². The molecule has 0 heterocycles. The van der Waals surface area contributed by atoms with Crippen molar-refractivity contribution in [1.82, 2.24) is 0 Å². The van der Waals surface area contributed by atoms with Crippen LogP contribution in [0.25, 0.3) is 0 Å². The molecule has 0 atom stereocenters. The minimum Gasteiger partial charge on any atom is -0.378 e. The van der Waals surface area contributed by atoms with Crippen molar-refractivity contribution in [2.75, 3.05) is 30.1 Å². The molecule has 1 N–H and O–H groups in total. The van der Waals surface area contributed by atoms with Gasteiger partial charge in [-0.05, 0) is 66.8 Å². The van der Waals surface area contributed by atoms with E-state index in [9.17, 15) is 13.2 Å². The summed E-state index contributed by atoms with van der Waals surface area (Å²) in [6, 6.07) is 12.8. The molecule has 0 aliphatic heterocycles. The molecule has 0 saturated heterocycles. The Morgan fingerprint density at radius 2 is 1.73 bits per heavy atom. The van der Waals surface area contributed by atoms with Gasteiger partial charge in [-0.2, -0.15) is 0 Å². The van der Waals surface area contributed by atoms with Crippen LogP contribution in [-0.2, 0) is 27.5 Å². The standard InChI is InChI=1S/C20H24N2O3S/c1-22(2)18-9-7-17(8-10-18)21-20(23)12-13-26(24,25)19-11-6-15-4-3-5-16(15)14-19/h6-11,14H,3-5,12-13H2,1-2H3,(H,21,23). The number of amides is 1. The van der Waals surface area contributed by atoms with Crippen LogP contribution in [0, 0.1) is 0 Å². The van der Waals surface area contributed by atoms with Gasteiger partial charge in [-0.25, -0.2) is 8.42 Å². The lowest BCUT2D eigenvalue weighted by molar-refractivity contribution is -0.115. The third-order valence-electron chi connectivity index (χ3n) is 4.69. The third-order valence-corrected chi connectivity index (χ3v) is 6.41. The van der Waals surface area contributed by atoms with E-state index >= 15 is 0 Å². The Bertz CT molecular complexity index is 903. The van der Waals surface area contributed by atoms with Crippen molar-refractivity contribution in [2.45, 2.75) is 30.6 Å². The number of nitrogens with zero attached hydrogens (tertiary/aromatic N) is 1. The second-order valence-electron chi connectivity index (χ2n) is 6.84. The number of carbonyl (C=O) groups is 1. The number of aryl methyl sites for hydroxylation is 2. The lowest BCUT2D eigenvalue weighted by Gasteiger charge is -2.13. The fraction of sp³-hybridized carbons (Fsp3) is 0.350. The first-order valence-corrected chi connectivity index (χ1v) is 10.4. The fourth-order valence-electron chi connectivity index (χ4n) is 3.15. The molecule has 26 heavy (non-hydrogen) atoms. The number of sulfone groups is 1. The Labute approximate surface area is 154 Å². The largest absolute Gasteiger partial charge is 0.378 e. The van der Waals surface area contributed by atoms with Crippen LogP contribution < -0.4 is 10.2 Å². The first kappa shape index (κ1) is 18.5. The summed E-state index contributed by atoms with van der Waals surface area (Å²) in [7, 11) is 0.429. The molecule has 0 bridgehead atoms. The summed E-state index contributed by atoms with van der Waals surface area (Å²) in [5.41, 5.74) is 4.05. The zero-order valence-corrected chi connectivity index (χ0v) is 16.0. The number of hydrogen-bond acceptors (Lipinski definition) is 4. The molecule has 1 aliphatic rings. The molecule has 0 fully saturated rings. The monoisotopic (exact) mass is 372 g/mol. The molecule has 0 radical (unpaired) electrons. The minimum absolute atomic E-state index is 0.0607. The molecule has 0 aromatic heterocycles. The minimum atomic E-state index is -3.45. The van der Waals surface area contributed by atoms with E-state index < -0.39 is 9.84 Å². The van der Waals surface area contributed by atoms with Gasteiger partial charge >= 0.3 is 0 Å². The summed E-state index contributed by atoms with van der Waals surface area (Å²) < 4.78 is 25.0. The molecule has 1 aliphatic carbocycles. The van der Waals surface area contributed by atoms with E-state index in [-0.39, 0.29) is 18.1 Å². The molecule has 0 unspecified atom stereocenters. The van der Waals surface area contributed by atoms with E-state index in [1.807, 2.05) is 49.3 Å². The van der Waals surface area contributed by atoms with E-state index in [4.69, 9.17) is 0 Å². The molecule has 3 rings (SSSR count). The molecule has 2 aromatic rings. The second-order valence-corrected chi connectivity index (χ2v) is 8.95. The van der Waals surface area contributed by atoms with Crippen LogP contribution >= 0.6 is 0 Å². The summed E-state index contributed by atoms with van der Waals surface area (Å²) in [6.07, 6.45) is 2.97. The van der Waals surface area contributed by atoms with Crippen LogP contribution in [-0.4, -0.2) is 34.2 Å². The Morgan fingerprint density at radius 1 is 1.04 bits per heavy atom. The fourth-order valence-corrected chi connectivity index (χ4v) is 4.44. The van der Waals surface area contributed by atoms with Gasteiger partial charge in [-0.1, -0.05) is 6.07 Å². The van der Waals surface area contributed by atoms with Gasteiger partial charge in [0.25, 0.3) is 0 Å². The lowest BCUT2D eigenvalue weighted by Crippen LogP contribution is -2.17. The van der Waals surface area contributed by atoms with Crippen molar-refractivity contribution in [1.29, 1.82) is 0 Å². The molecular weight excluding hydrogens is 348 g/mol. The second kappa shape index (κ2) is 7.50. The summed E-state index contributed by atoms with van der Waals surface area (Å²) in [5, 5.41) is 2.75. The van der Waals surface area contributed by atoms with E-state index in [1.165, 1.54) is 5.56 Å². The number of fused-ring (bicyclic) bond motifs is 1. The maximum atomic E-state index is 12.5. The molecule has 138 valence electrons. The zero-order chi connectivity index (χ0) is 18.7. The highest BCUT2D eigenvalue weighted by molar-refractivity contribution is 7.91. The molecule has 0 saturated carbocycles. The van der Waals surface area contributed by atoms with Gasteiger partial charge < -0.3 is 10.2 Å². The van der Waals surface area contributed by atoms with Crippen molar-refractivity contribution in [2.24, 2.45) is 0 Å². The quantitative estimate of drug-likeness (QED) is 0.846. The summed E-state index contributed by atoms with van der Waals surface area (Å²) >= 11 is 0. The number of rotatable bonds is 6. The van der Waals surface area contributed by atoms with Gasteiger partial charge in [0.05, 0.1) is 10.6 Å². The van der Waals surface area contributed by atoms with Crippen molar-refractivity contribution in [3.63, 3.8) is 0 Å². The molecule has 1 amide bonds. The lowest BCUT2D eigenvalue weighted by atomic mass is 10.1. The highest BCUT2D eigenvalue weighted by Crippen LogP contribution is 2.25. The van der Waals surface area contributed by atoms with Crippen molar-refractivity contribution >= 4 is 27.1 Å². The zero-order valence-electron chi connectivity index (χ0n) is 15.2. The molecule has 5 nitrogen and oxygen atoms in total. The van der Waals surface area contributed by atoms with Crippen molar-refractivity contribution in [3.05, 3.63) is 53.6 Å². The van der Waals surface area contributed by atoms with Gasteiger partial charge in [0.1, 0.15) is 0 Å². The van der Waals surface area contributed by atoms with Gasteiger partial charge in [0, 0.05) is 31.9 Å². The summed E-state index contributed by atoms with van der Waals surface area (Å²) in [6.45, 7) is 0. The third kappa shape index (κ3) is 4.25. The van der Waals surface area contributed by atoms with Crippen molar-refractivity contribution < 1.29 is 13.2 Å². The van der Waals surface area contributed by atoms with E-state index in [1.54, 1.807) is 12.1 Å². The maximum Gasteiger partial charge on any atom is 0.225 e. The number of hydrogen-bond donors (Lipinski definition) is 1. The first-order valence-electron chi connectivity index (χ1n) is 8.77. The topological polar surface area (TPSA) is 66.5 Å². The summed E-state index contributed by atoms with van der Waals surface area (Å²) in [4.78, 5) is 14.4. The average molecular weight is 372 g/mol. The van der Waals surface area contributed by atoms with Gasteiger partial charge in [-0.15, -0.1) is 0 Å². The average Bonchev–Trinajstić information content (AvgIpc) is 3.08. The van der Waals surface area contributed by atoms with E-state index in [0.717, 1.165) is 30.5 Å². The smallest absolute Gasteiger partial charge is 0.225 e.